The molecule has 1 heterocycles. The van der Waals surface area contributed by atoms with Gasteiger partial charge in [0.15, 0.2) is 11.5 Å². The second-order valence-corrected chi connectivity index (χ2v) is 8.13. The predicted octanol–water partition coefficient (Wildman–Crippen LogP) is 2.81. The summed E-state index contributed by atoms with van der Waals surface area (Å²) in [5.41, 5.74) is 0.0966. The Bertz CT molecular complexity index is 756. The molecule has 7 nitrogen and oxygen atoms in total. The first-order chi connectivity index (χ1) is 13.0. The van der Waals surface area contributed by atoms with Gasteiger partial charge in [0.05, 0.1) is 5.02 Å². The molecule has 1 aromatic rings. The Labute approximate surface area is 170 Å². The fraction of sp³-hybridized carbons (Fsp3) is 0.500. The summed E-state index contributed by atoms with van der Waals surface area (Å²) >= 11 is 6.17. The zero-order chi connectivity index (χ0) is 20.9. The lowest BCUT2D eigenvalue weighted by molar-refractivity contribution is -0.158. The minimum Gasteiger partial charge on any atom is -0.459 e. The van der Waals surface area contributed by atoms with E-state index in [4.69, 9.17) is 25.8 Å². The van der Waals surface area contributed by atoms with Crippen molar-refractivity contribution in [2.45, 2.75) is 26.4 Å². The van der Waals surface area contributed by atoms with Gasteiger partial charge in [0, 0.05) is 19.2 Å². The number of benzene rings is 1. The van der Waals surface area contributed by atoms with Crippen LogP contribution in [0, 0.1) is 0 Å². The fourth-order valence-corrected chi connectivity index (χ4v) is 2.75. The topological polar surface area (TPSA) is 68.3 Å². The highest BCUT2D eigenvalue weighted by Gasteiger charge is 2.22. The summed E-state index contributed by atoms with van der Waals surface area (Å²) in [5, 5.41) is 0.417. The van der Waals surface area contributed by atoms with E-state index in [2.05, 4.69) is 0 Å². The van der Waals surface area contributed by atoms with E-state index in [1.807, 2.05) is 19.0 Å². The number of fused-ring (bicyclic) bond motifs is 1. The number of hydrogen-bond donors (Lipinski definition) is 0. The zero-order valence-corrected chi connectivity index (χ0v) is 17.7. The van der Waals surface area contributed by atoms with Gasteiger partial charge in [-0.1, -0.05) is 11.6 Å². The third kappa shape index (κ3) is 6.73. The molecule has 154 valence electrons. The molecule has 0 aliphatic carbocycles. The van der Waals surface area contributed by atoms with E-state index in [0.29, 0.717) is 35.2 Å². The minimum absolute atomic E-state index is 0.115. The molecular weight excluding hydrogens is 384 g/mol. The molecule has 0 unspecified atom stereocenters. The molecule has 0 aromatic heterocycles. The van der Waals surface area contributed by atoms with Crippen molar-refractivity contribution in [1.82, 2.24) is 9.80 Å². The van der Waals surface area contributed by atoms with E-state index in [1.165, 1.54) is 11.0 Å². The molecule has 0 fully saturated rings. The van der Waals surface area contributed by atoms with Crippen molar-refractivity contribution >= 4 is 29.6 Å². The van der Waals surface area contributed by atoms with Crippen LogP contribution in [0.1, 0.15) is 26.3 Å². The summed E-state index contributed by atoms with van der Waals surface area (Å²) < 4.78 is 15.9. The molecule has 0 radical (unpaired) electrons. The standard InChI is InChI=1S/C20H27ClN2O5/c1-20(2,3)28-18(25)12-23(9-8-22(4)5)17(24)7-6-14-10-15(21)19-16(11-14)26-13-27-19/h6-7,10-11H,8-9,12-13H2,1-5H3/b7-6+. The monoisotopic (exact) mass is 410 g/mol. The van der Waals surface area contributed by atoms with E-state index >= 15 is 0 Å². The van der Waals surface area contributed by atoms with Gasteiger partial charge < -0.3 is 24.0 Å². The van der Waals surface area contributed by atoms with Gasteiger partial charge in [-0.05, 0) is 58.6 Å². The van der Waals surface area contributed by atoms with Crippen molar-refractivity contribution in [1.29, 1.82) is 0 Å². The number of nitrogens with zero attached hydrogens (tertiary/aromatic N) is 2. The number of rotatable bonds is 7. The normalized spacial score (nSPS) is 13.2. The highest BCUT2D eigenvalue weighted by Crippen LogP contribution is 2.40. The van der Waals surface area contributed by atoms with Crippen LogP contribution in [0.15, 0.2) is 18.2 Å². The Hall–Kier alpha value is -2.25. The molecule has 0 spiro atoms. The lowest BCUT2D eigenvalue weighted by atomic mass is 10.2. The number of ether oxygens (including phenoxy) is 3. The molecule has 0 atom stereocenters. The number of halogens is 1. The maximum absolute atomic E-state index is 12.7. The van der Waals surface area contributed by atoms with Gasteiger partial charge in [0.2, 0.25) is 12.7 Å². The number of amides is 1. The van der Waals surface area contributed by atoms with Crippen molar-refractivity contribution in [3.63, 3.8) is 0 Å². The van der Waals surface area contributed by atoms with Gasteiger partial charge in [0.25, 0.3) is 0 Å². The Balaban J connectivity index is 2.09. The molecule has 0 saturated heterocycles. The first kappa shape index (κ1) is 22.0. The van der Waals surface area contributed by atoms with Crippen molar-refractivity contribution in [2.75, 3.05) is 40.5 Å². The number of carbonyl (C=O) groups is 2. The number of likely N-dealkylation sites (N-methyl/N-ethyl adjacent to an activating group) is 1. The Morgan fingerprint density at radius 1 is 1.21 bits per heavy atom. The quantitative estimate of drug-likeness (QED) is 0.508. The highest BCUT2D eigenvalue weighted by molar-refractivity contribution is 6.32. The highest BCUT2D eigenvalue weighted by atomic mass is 35.5. The predicted molar refractivity (Wildman–Crippen MR) is 108 cm³/mol. The summed E-state index contributed by atoms with van der Waals surface area (Å²) in [6, 6.07) is 3.44. The minimum atomic E-state index is -0.605. The van der Waals surface area contributed by atoms with E-state index in [-0.39, 0.29) is 19.2 Å². The largest absolute Gasteiger partial charge is 0.459 e. The van der Waals surface area contributed by atoms with Crippen LogP contribution >= 0.6 is 11.6 Å². The first-order valence-corrected chi connectivity index (χ1v) is 9.35. The van der Waals surface area contributed by atoms with Gasteiger partial charge in [-0.3, -0.25) is 9.59 Å². The summed E-state index contributed by atoms with van der Waals surface area (Å²) in [4.78, 5) is 28.2. The summed E-state index contributed by atoms with van der Waals surface area (Å²) in [7, 11) is 3.81. The first-order valence-electron chi connectivity index (χ1n) is 8.98. The van der Waals surface area contributed by atoms with Gasteiger partial charge in [-0.25, -0.2) is 0 Å². The molecule has 2 rings (SSSR count). The molecule has 0 N–H and O–H groups in total. The van der Waals surface area contributed by atoms with Gasteiger partial charge in [0.1, 0.15) is 12.1 Å². The molecule has 1 aliphatic heterocycles. The Morgan fingerprint density at radius 3 is 2.57 bits per heavy atom. The van der Waals surface area contributed by atoms with Gasteiger partial charge in [-0.2, -0.15) is 0 Å². The van der Waals surface area contributed by atoms with E-state index < -0.39 is 11.6 Å². The average Bonchev–Trinajstić information content (AvgIpc) is 3.03. The Kier molecular flexibility index (Phi) is 7.32. The molecule has 28 heavy (non-hydrogen) atoms. The van der Waals surface area contributed by atoms with Crippen LogP contribution in [0.5, 0.6) is 11.5 Å². The molecule has 1 amide bonds. The van der Waals surface area contributed by atoms with Crippen LogP contribution in [0.2, 0.25) is 5.02 Å². The van der Waals surface area contributed by atoms with Crippen LogP contribution in [0.3, 0.4) is 0 Å². The average molecular weight is 411 g/mol. The van der Waals surface area contributed by atoms with Crippen molar-refractivity contribution in [2.24, 2.45) is 0 Å². The molecule has 0 saturated carbocycles. The second kappa shape index (κ2) is 9.30. The molecule has 0 bridgehead atoms. The van der Waals surface area contributed by atoms with Crippen molar-refractivity contribution in [3.05, 3.63) is 28.8 Å². The SMILES string of the molecule is CN(C)CCN(CC(=O)OC(C)(C)C)C(=O)/C=C/c1cc(Cl)c2c(c1)OCO2. The maximum atomic E-state index is 12.7. The van der Waals surface area contributed by atoms with Crippen molar-refractivity contribution < 1.29 is 23.8 Å². The fourth-order valence-electron chi connectivity index (χ4n) is 2.47. The second-order valence-electron chi connectivity index (χ2n) is 7.72. The van der Waals surface area contributed by atoms with Gasteiger partial charge >= 0.3 is 5.97 Å². The smallest absolute Gasteiger partial charge is 0.326 e. The van der Waals surface area contributed by atoms with Crippen LogP contribution in [-0.2, 0) is 14.3 Å². The lowest BCUT2D eigenvalue weighted by Crippen LogP contribution is -2.41. The lowest BCUT2D eigenvalue weighted by Gasteiger charge is -2.25. The van der Waals surface area contributed by atoms with Crippen LogP contribution < -0.4 is 9.47 Å². The Morgan fingerprint density at radius 2 is 1.93 bits per heavy atom. The molecular formula is C20H27ClN2O5. The number of esters is 1. The summed E-state index contributed by atoms with van der Waals surface area (Å²) in [6.07, 6.45) is 3.04. The number of hydrogen-bond acceptors (Lipinski definition) is 6. The number of carbonyl (C=O) groups excluding carboxylic acids is 2. The van der Waals surface area contributed by atoms with E-state index in [1.54, 1.807) is 39.0 Å². The maximum Gasteiger partial charge on any atom is 0.326 e. The van der Waals surface area contributed by atoms with Crippen LogP contribution in [0.4, 0.5) is 0 Å². The van der Waals surface area contributed by atoms with Crippen LogP contribution in [-0.4, -0.2) is 67.8 Å². The molecule has 1 aromatic carbocycles. The third-order valence-corrected chi connectivity index (χ3v) is 4.02. The summed E-state index contributed by atoms with van der Waals surface area (Å²) in [6.45, 7) is 6.40. The van der Waals surface area contributed by atoms with Crippen LogP contribution in [0.25, 0.3) is 6.08 Å². The third-order valence-electron chi connectivity index (χ3n) is 3.74. The zero-order valence-electron chi connectivity index (χ0n) is 17.0. The van der Waals surface area contributed by atoms with E-state index in [9.17, 15) is 9.59 Å². The molecule has 1 aliphatic rings. The van der Waals surface area contributed by atoms with Gasteiger partial charge in [-0.15, -0.1) is 0 Å². The van der Waals surface area contributed by atoms with E-state index in [0.717, 1.165) is 0 Å². The van der Waals surface area contributed by atoms with Crippen molar-refractivity contribution in [3.8, 4) is 11.5 Å². The summed E-state index contributed by atoms with van der Waals surface area (Å²) in [5.74, 6) is 0.307. The molecule has 8 heteroatoms.